The predicted molar refractivity (Wildman–Crippen MR) is 80.5 cm³/mol. The van der Waals surface area contributed by atoms with E-state index in [4.69, 9.17) is 0 Å². The lowest BCUT2D eigenvalue weighted by Gasteiger charge is -2.21. The van der Waals surface area contributed by atoms with Crippen molar-refractivity contribution in [2.75, 3.05) is 11.9 Å². The van der Waals surface area contributed by atoms with Crippen LogP contribution in [0.3, 0.4) is 0 Å². The summed E-state index contributed by atoms with van der Waals surface area (Å²) in [5.74, 6) is -0.265. The fourth-order valence-electron chi connectivity index (χ4n) is 2.33. The number of nitrogens with one attached hydrogen (secondary N) is 1. The van der Waals surface area contributed by atoms with Crippen LogP contribution in [0.4, 0.5) is 10.1 Å². The monoisotopic (exact) mass is 273 g/mol. The number of halogens is 1. The molecule has 20 heavy (non-hydrogen) atoms. The molecule has 0 aliphatic rings. The number of rotatable bonds is 4. The molecule has 0 amide bonds. The van der Waals surface area contributed by atoms with Crippen LogP contribution in [0.25, 0.3) is 0 Å². The molecular formula is C17H20FNO. The molecule has 0 spiro atoms. The van der Waals surface area contributed by atoms with Gasteiger partial charge in [-0.1, -0.05) is 12.1 Å². The maximum Gasteiger partial charge on any atom is 0.123 e. The van der Waals surface area contributed by atoms with Gasteiger partial charge in [0, 0.05) is 5.69 Å². The molecule has 2 N–H and O–H groups in total. The smallest absolute Gasteiger partial charge is 0.123 e. The van der Waals surface area contributed by atoms with Crippen molar-refractivity contribution in [2.24, 2.45) is 0 Å². The molecule has 0 aromatic heterocycles. The second-order valence-corrected chi connectivity index (χ2v) is 5.18. The first kappa shape index (κ1) is 14.5. The molecular weight excluding hydrogens is 253 g/mol. The van der Waals surface area contributed by atoms with Gasteiger partial charge in [0.2, 0.25) is 0 Å². The second kappa shape index (κ2) is 6.06. The van der Waals surface area contributed by atoms with E-state index in [-0.39, 0.29) is 18.5 Å². The Bertz CT molecular complexity index is 593. The number of hydrogen-bond acceptors (Lipinski definition) is 2. The summed E-state index contributed by atoms with van der Waals surface area (Å²) < 4.78 is 12.9. The zero-order valence-electron chi connectivity index (χ0n) is 12.1. The molecule has 0 heterocycles. The normalized spacial score (nSPS) is 12.2. The molecule has 0 aliphatic carbocycles. The van der Waals surface area contributed by atoms with Crippen molar-refractivity contribution < 1.29 is 9.50 Å². The second-order valence-electron chi connectivity index (χ2n) is 5.18. The standard InChI is InChI=1S/C17H20FNO/c1-11-8-13(3)16(9-12(11)2)17(10-20)19-15-6-4-14(18)5-7-15/h4-9,17,19-20H,10H2,1-3H3. The van der Waals surface area contributed by atoms with Crippen molar-refractivity contribution in [2.45, 2.75) is 26.8 Å². The highest BCUT2D eigenvalue weighted by atomic mass is 19.1. The lowest BCUT2D eigenvalue weighted by molar-refractivity contribution is 0.276. The Hall–Kier alpha value is -1.87. The minimum Gasteiger partial charge on any atom is -0.394 e. The summed E-state index contributed by atoms with van der Waals surface area (Å²) in [6.07, 6.45) is 0. The average Bonchev–Trinajstić information content (AvgIpc) is 2.43. The van der Waals surface area contributed by atoms with E-state index < -0.39 is 0 Å². The molecule has 0 fully saturated rings. The fourth-order valence-corrected chi connectivity index (χ4v) is 2.33. The molecule has 0 bridgehead atoms. The molecule has 2 aromatic rings. The van der Waals surface area contributed by atoms with E-state index in [9.17, 15) is 9.50 Å². The van der Waals surface area contributed by atoms with Crippen LogP contribution in [0.5, 0.6) is 0 Å². The highest BCUT2D eigenvalue weighted by molar-refractivity contribution is 5.48. The molecule has 1 atom stereocenters. The van der Waals surface area contributed by atoms with Gasteiger partial charge in [-0.05, 0) is 67.3 Å². The number of hydrogen-bond donors (Lipinski definition) is 2. The quantitative estimate of drug-likeness (QED) is 0.885. The van der Waals surface area contributed by atoms with Crippen LogP contribution in [-0.4, -0.2) is 11.7 Å². The van der Waals surface area contributed by atoms with E-state index >= 15 is 0 Å². The van der Waals surface area contributed by atoms with Crippen LogP contribution >= 0.6 is 0 Å². The van der Waals surface area contributed by atoms with Crippen molar-refractivity contribution in [3.8, 4) is 0 Å². The molecule has 2 aromatic carbocycles. The largest absolute Gasteiger partial charge is 0.394 e. The third-order valence-electron chi connectivity index (χ3n) is 3.63. The van der Waals surface area contributed by atoms with Gasteiger partial charge in [0.15, 0.2) is 0 Å². The average molecular weight is 273 g/mol. The topological polar surface area (TPSA) is 32.3 Å². The number of anilines is 1. The molecule has 106 valence electrons. The van der Waals surface area contributed by atoms with Gasteiger partial charge in [-0.3, -0.25) is 0 Å². The Morgan fingerprint density at radius 2 is 1.60 bits per heavy atom. The third kappa shape index (κ3) is 3.17. The maximum absolute atomic E-state index is 12.9. The third-order valence-corrected chi connectivity index (χ3v) is 3.63. The van der Waals surface area contributed by atoms with Crippen LogP contribution in [0.2, 0.25) is 0 Å². The van der Waals surface area contributed by atoms with Gasteiger partial charge in [-0.25, -0.2) is 4.39 Å². The summed E-state index contributed by atoms with van der Waals surface area (Å²) in [6.45, 7) is 6.16. The molecule has 1 unspecified atom stereocenters. The first-order valence-corrected chi connectivity index (χ1v) is 6.72. The van der Waals surface area contributed by atoms with Gasteiger partial charge < -0.3 is 10.4 Å². The number of aryl methyl sites for hydroxylation is 3. The summed E-state index contributed by atoms with van der Waals surface area (Å²) in [7, 11) is 0. The van der Waals surface area contributed by atoms with Crippen molar-refractivity contribution in [1.82, 2.24) is 0 Å². The van der Waals surface area contributed by atoms with E-state index in [0.717, 1.165) is 16.8 Å². The molecule has 2 rings (SSSR count). The summed E-state index contributed by atoms with van der Waals surface area (Å²) in [4.78, 5) is 0. The van der Waals surface area contributed by atoms with Crippen molar-refractivity contribution in [3.63, 3.8) is 0 Å². The van der Waals surface area contributed by atoms with Crippen LogP contribution in [-0.2, 0) is 0 Å². The zero-order chi connectivity index (χ0) is 14.7. The summed E-state index contributed by atoms with van der Waals surface area (Å²) in [5.41, 5.74) is 5.44. The Morgan fingerprint density at radius 1 is 1.00 bits per heavy atom. The lowest BCUT2D eigenvalue weighted by atomic mass is 9.96. The van der Waals surface area contributed by atoms with E-state index in [1.165, 1.54) is 23.3 Å². The first-order valence-electron chi connectivity index (χ1n) is 6.72. The number of aliphatic hydroxyl groups is 1. The van der Waals surface area contributed by atoms with Gasteiger partial charge in [0.25, 0.3) is 0 Å². The van der Waals surface area contributed by atoms with Gasteiger partial charge in [-0.2, -0.15) is 0 Å². The molecule has 0 aliphatic heterocycles. The molecule has 2 nitrogen and oxygen atoms in total. The summed E-state index contributed by atoms with van der Waals surface area (Å²) in [6, 6.07) is 10.2. The first-order chi connectivity index (χ1) is 9.51. The Morgan fingerprint density at radius 3 is 2.20 bits per heavy atom. The van der Waals surface area contributed by atoms with E-state index in [1.54, 1.807) is 12.1 Å². The number of aliphatic hydroxyl groups excluding tert-OH is 1. The van der Waals surface area contributed by atoms with E-state index in [2.05, 4.69) is 31.3 Å². The minimum absolute atomic E-state index is 0.0132. The maximum atomic E-state index is 12.9. The predicted octanol–water partition coefficient (Wildman–Crippen LogP) is 3.90. The highest BCUT2D eigenvalue weighted by Crippen LogP contribution is 2.25. The van der Waals surface area contributed by atoms with Crippen molar-refractivity contribution in [3.05, 3.63) is 64.5 Å². The molecule has 0 saturated carbocycles. The fraction of sp³-hybridized carbons (Fsp3) is 0.294. The van der Waals surface area contributed by atoms with Gasteiger partial charge in [0.1, 0.15) is 5.82 Å². The van der Waals surface area contributed by atoms with Gasteiger partial charge >= 0.3 is 0 Å². The Kier molecular flexibility index (Phi) is 4.40. The van der Waals surface area contributed by atoms with Crippen LogP contribution < -0.4 is 5.32 Å². The van der Waals surface area contributed by atoms with Gasteiger partial charge in [0.05, 0.1) is 12.6 Å². The van der Waals surface area contributed by atoms with Crippen molar-refractivity contribution in [1.29, 1.82) is 0 Å². The highest BCUT2D eigenvalue weighted by Gasteiger charge is 2.14. The van der Waals surface area contributed by atoms with Crippen LogP contribution in [0.15, 0.2) is 36.4 Å². The van der Waals surface area contributed by atoms with E-state index in [0.29, 0.717) is 0 Å². The van der Waals surface area contributed by atoms with E-state index in [1.807, 2.05) is 6.92 Å². The summed E-state index contributed by atoms with van der Waals surface area (Å²) in [5, 5.41) is 12.9. The lowest BCUT2D eigenvalue weighted by Crippen LogP contribution is -2.16. The summed E-state index contributed by atoms with van der Waals surface area (Å²) >= 11 is 0. The number of benzene rings is 2. The minimum atomic E-state index is -0.265. The SMILES string of the molecule is Cc1cc(C)c(C(CO)Nc2ccc(F)cc2)cc1C. The van der Waals surface area contributed by atoms with Gasteiger partial charge in [-0.15, -0.1) is 0 Å². The molecule has 0 radical (unpaired) electrons. The van der Waals surface area contributed by atoms with Crippen molar-refractivity contribution >= 4 is 5.69 Å². The zero-order valence-corrected chi connectivity index (χ0v) is 12.1. The van der Waals surface area contributed by atoms with Crippen LogP contribution in [0.1, 0.15) is 28.3 Å². The molecule has 3 heteroatoms. The Balaban J connectivity index is 2.28. The Labute approximate surface area is 119 Å². The molecule has 0 saturated heterocycles. The van der Waals surface area contributed by atoms with Crippen LogP contribution in [0, 0.1) is 26.6 Å².